The lowest BCUT2D eigenvalue weighted by atomic mass is 10.2. The molecule has 15 heavy (non-hydrogen) atoms. The third kappa shape index (κ3) is 5.91. The molecule has 0 atom stereocenters. The van der Waals surface area contributed by atoms with E-state index < -0.39 is 0 Å². The van der Waals surface area contributed by atoms with Gasteiger partial charge in [0.2, 0.25) is 0 Å². The second kappa shape index (κ2) is 8.57. The molecule has 0 saturated heterocycles. The molecule has 1 heterocycles. The van der Waals surface area contributed by atoms with Crippen LogP contribution in [-0.2, 0) is 6.54 Å². The van der Waals surface area contributed by atoms with Gasteiger partial charge in [0.1, 0.15) is 0 Å². The summed E-state index contributed by atoms with van der Waals surface area (Å²) < 4.78 is 1.22. The van der Waals surface area contributed by atoms with Crippen molar-refractivity contribution in [3.8, 4) is 0 Å². The summed E-state index contributed by atoms with van der Waals surface area (Å²) in [6.45, 7) is 2.08. The minimum atomic E-state index is 0.801. The van der Waals surface area contributed by atoms with Crippen LogP contribution in [0.15, 0.2) is 15.9 Å². The summed E-state index contributed by atoms with van der Waals surface area (Å²) in [5, 5.41) is 5.57. The van der Waals surface area contributed by atoms with Crippen molar-refractivity contribution in [2.75, 3.05) is 12.4 Å². The number of hydrogen-bond acceptors (Lipinski definition) is 2. The van der Waals surface area contributed by atoms with Gasteiger partial charge in [0.05, 0.1) is 0 Å². The van der Waals surface area contributed by atoms with Crippen molar-refractivity contribution in [1.29, 1.82) is 0 Å². The van der Waals surface area contributed by atoms with Crippen molar-refractivity contribution in [1.82, 2.24) is 5.32 Å². The molecule has 86 valence electrons. The molecule has 1 rings (SSSR count). The average Bonchev–Trinajstić information content (AvgIpc) is 2.63. The fourth-order valence-corrected chi connectivity index (χ4v) is 3.00. The Kier molecular flexibility index (Phi) is 7.71. The smallest absolute Gasteiger partial charge is 0.0327 e. The van der Waals surface area contributed by atoms with Gasteiger partial charge in [-0.3, -0.25) is 0 Å². The number of alkyl halides is 1. The van der Waals surface area contributed by atoms with Gasteiger partial charge in [0, 0.05) is 21.8 Å². The van der Waals surface area contributed by atoms with Gasteiger partial charge in [-0.15, -0.1) is 22.9 Å². The maximum Gasteiger partial charge on any atom is 0.0327 e. The second-order valence-corrected chi connectivity index (χ2v) is 5.70. The number of nitrogens with one attached hydrogen (secondary N) is 1. The third-order valence-electron chi connectivity index (χ3n) is 2.21. The van der Waals surface area contributed by atoms with Crippen LogP contribution in [0.1, 0.15) is 30.6 Å². The minimum Gasteiger partial charge on any atom is -0.312 e. The van der Waals surface area contributed by atoms with Crippen LogP contribution in [0, 0.1) is 0 Å². The Bertz CT molecular complexity index is 265. The molecule has 0 amide bonds. The van der Waals surface area contributed by atoms with Crippen molar-refractivity contribution in [2.24, 2.45) is 0 Å². The highest BCUT2D eigenvalue weighted by Gasteiger charge is 1.99. The van der Waals surface area contributed by atoms with Gasteiger partial charge in [-0.1, -0.05) is 12.8 Å². The van der Waals surface area contributed by atoms with Gasteiger partial charge in [-0.2, -0.15) is 0 Å². The number of thiophene rings is 1. The zero-order chi connectivity index (χ0) is 10.9. The molecule has 0 radical (unpaired) electrons. The number of rotatable bonds is 8. The second-order valence-electron chi connectivity index (χ2n) is 3.47. The van der Waals surface area contributed by atoms with Gasteiger partial charge in [-0.25, -0.2) is 0 Å². The van der Waals surface area contributed by atoms with E-state index in [-0.39, 0.29) is 0 Å². The Morgan fingerprint density at radius 1 is 1.27 bits per heavy atom. The van der Waals surface area contributed by atoms with Crippen LogP contribution < -0.4 is 5.32 Å². The predicted octanol–water partition coefficient (Wildman–Crippen LogP) is 4.40. The van der Waals surface area contributed by atoms with Crippen LogP contribution in [0.5, 0.6) is 0 Å². The Balaban J connectivity index is 1.96. The van der Waals surface area contributed by atoms with Crippen molar-refractivity contribution < 1.29 is 0 Å². The van der Waals surface area contributed by atoms with Gasteiger partial charge in [-0.05, 0) is 46.8 Å². The van der Waals surface area contributed by atoms with Crippen molar-refractivity contribution in [3.63, 3.8) is 0 Å². The Hall–Kier alpha value is 0.430. The molecule has 0 bridgehead atoms. The maximum absolute atomic E-state index is 5.61. The topological polar surface area (TPSA) is 12.0 Å². The average molecular weight is 311 g/mol. The normalized spacial score (nSPS) is 10.8. The molecule has 0 unspecified atom stereocenters. The van der Waals surface area contributed by atoms with Crippen LogP contribution in [-0.4, -0.2) is 12.4 Å². The standard InChI is InChI=1S/C11H17BrClNS/c12-10-5-8-15-11(10)9-14-7-4-2-1-3-6-13/h5,8,14H,1-4,6-7,9H2. The van der Waals surface area contributed by atoms with Crippen LogP contribution in [0.4, 0.5) is 0 Å². The molecule has 0 aliphatic heterocycles. The number of halogens is 2. The SMILES string of the molecule is ClCCCCCCNCc1sccc1Br. The van der Waals surface area contributed by atoms with Gasteiger partial charge in [0.25, 0.3) is 0 Å². The highest BCUT2D eigenvalue weighted by molar-refractivity contribution is 9.10. The summed E-state index contributed by atoms with van der Waals surface area (Å²) in [5.41, 5.74) is 0. The predicted molar refractivity (Wildman–Crippen MR) is 72.9 cm³/mol. The van der Waals surface area contributed by atoms with E-state index in [1.165, 1.54) is 28.6 Å². The van der Waals surface area contributed by atoms with Crippen molar-refractivity contribution in [3.05, 3.63) is 20.8 Å². The first-order valence-corrected chi connectivity index (χ1v) is 7.54. The fourth-order valence-electron chi connectivity index (χ4n) is 1.35. The van der Waals surface area contributed by atoms with E-state index in [0.717, 1.165) is 25.4 Å². The Labute approximate surface area is 109 Å². The zero-order valence-electron chi connectivity index (χ0n) is 8.77. The zero-order valence-corrected chi connectivity index (χ0v) is 11.9. The van der Waals surface area contributed by atoms with E-state index in [1.54, 1.807) is 11.3 Å². The first-order valence-electron chi connectivity index (χ1n) is 5.33. The molecule has 1 nitrogen and oxygen atoms in total. The monoisotopic (exact) mass is 309 g/mol. The van der Waals surface area contributed by atoms with E-state index in [1.807, 2.05) is 0 Å². The number of hydrogen-bond donors (Lipinski definition) is 1. The van der Waals surface area contributed by atoms with Crippen LogP contribution in [0.3, 0.4) is 0 Å². The lowest BCUT2D eigenvalue weighted by Gasteiger charge is -2.03. The summed E-state index contributed by atoms with van der Waals surface area (Å²) in [4.78, 5) is 1.38. The van der Waals surface area contributed by atoms with Crippen molar-refractivity contribution >= 4 is 38.9 Å². The highest BCUT2D eigenvalue weighted by Crippen LogP contribution is 2.22. The molecular weight excluding hydrogens is 294 g/mol. The minimum absolute atomic E-state index is 0.801. The van der Waals surface area contributed by atoms with Gasteiger partial charge < -0.3 is 5.32 Å². The molecule has 0 aliphatic rings. The summed E-state index contributed by atoms with van der Waals surface area (Å²) in [5.74, 6) is 0.801. The molecular formula is C11H17BrClNS. The van der Waals surface area contributed by atoms with E-state index in [2.05, 4.69) is 32.7 Å². The lowest BCUT2D eigenvalue weighted by Crippen LogP contribution is -2.13. The van der Waals surface area contributed by atoms with Crippen LogP contribution in [0.25, 0.3) is 0 Å². The highest BCUT2D eigenvalue weighted by atomic mass is 79.9. The van der Waals surface area contributed by atoms with Crippen LogP contribution >= 0.6 is 38.9 Å². The van der Waals surface area contributed by atoms with E-state index in [0.29, 0.717) is 0 Å². The first kappa shape index (κ1) is 13.5. The maximum atomic E-state index is 5.61. The first-order chi connectivity index (χ1) is 7.34. The van der Waals surface area contributed by atoms with E-state index in [9.17, 15) is 0 Å². The number of unbranched alkanes of at least 4 members (excludes halogenated alkanes) is 3. The van der Waals surface area contributed by atoms with Crippen LogP contribution in [0.2, 0.25) is 0 Å². The molecule has 1 N–H and O–H groups in total. The fraction of sp³-hybridized carbons (Fsp3) is 0.636. The molecule has 1 aromatic heterocycles. The van der Waals surface area contributed by atoms with Gasteiger partial charge >= 0.3 is 0 Å². The Morgan fingerprint density at radius 2 is 2.07 bits per heavy atom. The summed E-state index contributed by atoms with van der Waals surface area (Å²) in [7, 11) is 0. The lowest BCUT2D eigenvalue weighted by molar-refractivity contribution is 0.601. The van der Waals surface area contributed by atoms with E-state index in [4.69, 9.17) is 11.6 Å². The molecule has 0 aromatic carbocycles. The Morgan fingerprint density at radius 3 is 2.73 bits per heavy atom. The molecule has 4 heteroatoms. The molecule has 0 aliphatic carbocycles. The molecule has 0 fully saturated rings. The summed E-state index contributed by atoms with van der Waals surface area (Å²) >= 11 is 10.9. The summed E-state index contributed by atoms with van der Waals surface area (Å²) in [6, 6.07) is 2.10. The summed E-state index contributed by atoms with van der Waals surface area (Å²) in [6.07, 6.45) is 4.94. The molecule has 0 saturated carbocycles. The van der Waals surface area contributed by atoms with Gasteiger partial charge in [0.15, 0.2) is 0 Å². The largest absolute Gasteiger partial charge is 0.312 e. The van der Waals surface area contributed by atoms with Crippen molar-refractivity contribution in [2.45, 2.75) is 32.2 Å². The molecule has 1 aromatic rings. The quantitative estimate of drug-likeness (QED) is 0.554. The van der Waals surface area contributed by atoms with E-state index >= 15 is 0 Å². The third-order valence-corrected chi connectivity index (χ3v) is 4.41. The molecule has 0 spiro atoms.